The number of rotatable bonds is 5. The second-order valence-electron chi connectivity index (χ2n) is 3.81. The van der Waals surface area contributed by atoms with Crippen molar-refractivity contribution in [3.8, 4) is 11.4 Å². The predicted octanol–water partition coefficient (Wildman–Crippen LogP) is 2.14. The smallest absolute Gasteiger partial charge is 0.243 e. The Morgan fingerprint density at radius 2 is 2.35 bits per heavy atom. The maximum Gasteiger partial charge on any atom is 0.243 e. The Balaban J connectivity index is 2.13. The molecule has 0 spiro atoms. The first-order valence-corrected chi connectivity index (χ1v) is 6.28. The molecule has 0 fully saturated rings. The predicted molar refractivity (Wildman–Crippen MR) is 65.8 cm³/mol. The van der Waals surface area contributed by atoms with Crippen LogP contribution in [0.2, 0.25) is 0 Å². The lowest BCUT2D eigenvalue weighted by atomic mass is 10.2. The molecular formula is C11H15N3O2S. The van der Waals surface area contributed by atoms with Crippen LogP contribution in [-0.2, 0) is 4.74 Å². The molecule has 2 aromatic rings. The van der Waals surface area contributed by atoms with Gasteiger partial charge in [0.25, 0.3) is 0 Å². The van der Waals surface area contributed by atoms with Crippen LogP contribution >= 0.6 is 11.3 Å². The van der Waals surface area contributed by atoms with Crippen molar-refractivity contribution in [2.45, 2.75) is 19.4 Å². The largest absolute Gasteiger partial charge is 0.385 e. The van der Waals surface area contributed by atoms with Gasteiger partial charge in [-0.15, -0.1) is 0 Å². The Morgan fingerprint density at radius 1 is 1.53 bits per heavy atom. The lowest BCUT2D eigenvalue weighted by Gasteiger charge is -2.04. The molecule has 1 atom stereocenters. The van der Waals surface area contributed by atoms with Crippen LogP contribution in [-0.4, -0.2) is 23.9 Å². The molecule has 0 aliphatic carbocycles. The van der Waals surface area contributed by atoms with Gasteiger partial charge in [-0.25, -0.2) is 0 Å². The fourth-order valence-corrected chi connectivity index (χ4v) is 2.28. The highest BCUT2D eigenvalue weighted by atomic mass is 32.1. The van der Waals surface area contributed by atoms with Crippen molar-refractivity contribution in [1.82, 2.24) is 10.1 Å². The van der Waals surface area contributed by atoms with E-state index in [0.29, 0.717) is 24.7 Å². The van der Waals surface area contributed by atoms with Gasteiger partial charge in [0.05, 0.1) is 6.04 Å². The molecule has 2 aromatic heterocycles. The van der Waals surface area contributed by atoms with Crippen molar-refractivity contribution in [2.24, 2.45) is 5.73 Å². The highest BCUT2D eigenvalue weighted by Crippen LogP contribution is 2.25. The topological polar surface area (TPSA) is 74.2 Å². The van der Waals surface area contributed by atoms with Crippen molar-refractivity contribution in [2.75, 3.05) is 13.7 Å². The molecule has 92 valence electrons. The molecule has 0 radical (unpaired) electrons. The first kappa shape index (κ1) is 12.2. The zero-order valence-electron chi connectivity index (χ0n) is 9.84. The minimum absolute atomic E-state index is 0.268. The summed E-state index contributed by atoms with van der Waals surface area (Å²) in [5, 5.41) is 8.00. The first-order valence-electron chi connectivity index (χ1n) is 5.33. The summed E-state index contributed by atoms with van der Waals surface area (Å²) < 4.78 is 10.1. The number of aryl methyl sites for hydroxylation is 1. The van der Waals surface area contributed by atoms with E-state index in [-0.39, 0.29) is 6.04 Å². The summed E-state index contributed by atoms with van der Waals surface area (Å²) in [4.78, 5) is 4.31. The fraction of sp³-hybridized carbons (Fsp3) is 0.455. The van der Waals surface area contributed by atoms with Crippen LogP contribution in [0.3, 0.4) is 0 Å². The lowest BCUT2D eigenvalue weighted by molar-refractivity contribution is 0.182. The Kier molecular flexibility index (Phi) is 3.88. The van der Waals surface area contributed by atoms with Crippen LogP contribution in [0.15, 0.2) is 15.3 Å². The van der Waals surface area contributed by atoms with Gasteiger partial charge in [-0.1, -0.05) is 5.16 Å². The normalized spacial score (nSPS) is 12.9. The molecular weight excluding hydrogens is 238 g/mol. The van der Waals surface area contributed by atoms with Crippen molar-refractivity contribution in [1.29, 1.82) is 0 Å². The van der Waals surface area contributed by atoms with E-state index in [4.69, 9.17) is 15.0 Å². The van der Waals surface area contributed by atoms with Gasteiger partial charge in [-0.2, -0.15) is 16.3 Å². The Hall–Kier alpha value is -1.24. The lowest BCUT2D eigenvalue weighted by Crippen LogP contribution is -2.12. The third-order valence-electron chi connectivity index (χ3n) is 2.49. The zero-order chi connectivity index (χ0) is 12.3. The molecule has 0 saturated heterocycles. The zero-order valence-corrected chi connectivity index (χ0v) is 10.7. The van der Waals surface area contributed by atoms with Crippen molar-refractivity contribution < 1.29 is 9.26 Å². The first-order chi connectivity index (χ1) is 8.22. The highest BCUT2D eigenvalue weighted by molar-refractivity contribution is 7.08. The quantitative estimate of drug-likeness (QED) is 0.883. The van der Waals surface area contributed by atoms with Gasteiger partial charge in [0.1, 0.15) is 0 Å². The van der Waals surface area contributed by atoms with Gasteiger partial charge in [0, 0.05) is 24.7 Å². The fourth-order valence-electron chi connectivity index (χ4n) is 1.45. The second kappa shape index (κ2) is 5.39. The molecule has 0 bridgehead atoms. The van der Waals surface area contributed by atoms with Crippen LogP contribution in [0.5, 0.6) is 0 Å². The third kappa shape index (κ3) is 2.71. The van der Waals surface area contributed by atoms with Gasteiger partial charge in [0.15, 0.2) is 0 Å². The van der Waals surface area contributed by atoms with Crippen LogP contribution in [0, 0.1) is 6.92 Å². The summed E-state index contributed by atoms with van der Waals surface area (Å²) in [5.41, 5.74) is 8.06. The molecule has 5 nitrogen and oxygen atoms in total. The molecule has 0 saturated carbocycles. The number of methoxy groups -OCH3 is 1. The molecule has 1 unspecified atom stereocenters. The monoisotopic (exact) mass is 253 g/mol. The number of aromatic nitrogens is 2. The van der Waals surface area contributed by atoms with Crippen LogP contribution in [0.4, 0.5) is 0 Å². The summed E-state index contributed by atoms with van der Waals surface area (Å²) in [6, 6.07) is -0.268. The molecule has 2 N–H and O–H groups in total. The van der Waals surface area contributed by atoms with Gasteiger partial charge in [0.2, 0.25) is 11.7 Å². The number of nitrogens with zero attached hydrogens (tertiary/aromatic N) is 2. The summed E-state index contributed by atoms with van der Waals surface area (Å²) in [6.45, 7) is 2.60. The van der Waals surface area contributed by atoms with E-state index in [0.717, 1.165) is 11.1 Å². The highest BCUT2D eigenvalue weighted by Gasteiger charge is 2.16. The number of ether oxygens (including phenoxy) is 1. The van der Waals surface area contributed by atoms with Crippen LogP contribution in [0.1, 0.15) is 23.9 Å². The molecule has 0 aliphatic rings. The van der Waals surface area contributed by atoms with Gasteiger partial charge in [-0.3, -0.25) is 0 Å². The van der Waals surface area contributed by atoms with E-state index < -0.39 is 0 Å². The molecule has 0 aliphatic heterocycles. The van der Waals surface area contributed by atoms with Crippen molar-refractivity contribution in [3.63, 3.8) is 0 Å². The average Bonchev–Trinajstić information content (AvgIpc) is 2.93. The second-order valence-corrected chi connectivity index (χ2v) is 4.56. The van der Waals surface area contributed by atoms with Crippen molar-refractivity contribution >= 4 is 11.3 Å². The van der Waals surface area contributed by atoms with E-state index >= 15 is 0 Å². The molecule has 0 aromatic carbocycles. The van der Waals surface area contributed by atoms with E-state index in [1.807, 2.05) is 12.3 Å². The minimum atomic E-state index is -0.268. The summed E-state index contributed by atoms with van der Waals surface area (Å²) in [7, 11) is 1.64. The Labute approximate surface area is 104 Å². The third-order valence-corrected chi connectivity index (χ3v) is 3.35. The van der Waals surface area contributed by atoms with E-state index in [1.165, 1.54) is 0 Å². The molecule has 0 amide bonds. The average molecular weight is 253 g/mol. The summed E-state index contributed by atoms with van der Waals surface area (Å²) in [5.74, 6) is 1.06. The minimum Gasteiger partial charge on any atom is -0.385 e. The van der Waals surface area contributed by atoms with E-state index in [2.05, 4.69) is 15.5 Å². The maximum atomic E-state index is 5.91. The van der Waals surface area contributed by atoms with Gasteiger partial charge in [-0.05, 0) is 24.3 Å². The molecule has 2 heterocycles. The summed E-state index contributed by atoms with van der Waals surface area (Å²) >= 11 is 1.62. The van der Waals surface area contributed by atoms with Crippen molar-refractivity contribution in [3.05, 3.63) is 22.2 Å². The number of thiophene rings is 1. The standard InChI is InChI=1S/C11H15N3O2S/c1-7-5-17-6-8(7)10-13-11(16-14-10)9(12)3-4-15-2/h5-6,9H,3-4,12H2,1-2H3. The number of hydrogen-bond acceptors (Lipinski definition) is 6. The Morgan fingerprint density at radius 3 is 3.00 bits per heavy atom. The van der Waals surface area contributed by atoms with Crippen LogP contribution < -0.4 is 5.73 Å². The number of nitrogens with two attached hydrogens (primary N) is 1. The van der Waals surface area contributed by atoms with E-state index in [9.17, 15) is 0 Å². The Bertz CT molecular complexity index is 481. The SMILES string of the molecule is COCCC(N)c1nc(-c2cscc2C)no1. The maximum absolute atomic E-state index is 5.91. The molecule has 6 heteroatoms. The molecule has 17 heavy (non-hydrogen) atoms. The van der Waals surface area contributed by atoms with Crippen LogP contribution in [0.25, 0.3) is 11.4 Å². The van der Waals surface area contributed by atoms with Gasteiger partial charge < -0.3 is 15.0 Å². The van der Waals surface area contributed by atoms with Gasteiger partial charge >= 0.3 is 0 Å². The summed E-state index contributed by atoms with van der Waals surface area (Å²) in [6.07, 6.45) is 0.667. The molecule has 2 rings (SSSR count). The van der Waals surface area contributed by atoms with E-state index in [1.54, 1.807) is 18.4 Å². The number of hydrogen-bond donors (Lipinski definition) is 1.